The van der Waals surface area contributed by atoms with E-state index < -0.39 is 63.1 Å². The zero-order chi connectivity index (χ0) is 46.9. The Kier molecular flexibility index (Phi) is 39.1. The number of ether oxygens (including phenoxy) is 2. The molecule has 0 aromatic carbocycles. The van der Waals surface area contributed by atoms with Crippen LogP contribution < -0.4 is 0 Å². The Hall–Kier alpha value is -1.70. The molecule has 12 nitrogen and oxygen atoms in total. The molecule has 0 bridgehead atoms. The molecule has 1 aliphatic rings. The Morgan fingerprint density at radius 2 is 0.906 bits per heavy atom. The number of hydrogen-bond donors (Lipinski definition) is 6. The first-order valence-corrected chi connectivity index (χ1v) is 27.0. The van der Waals surface area contributed by atoms with Gasteiger partial charge in [-0.05, 0) is 70.6 Å². The molecule has 0 saturated heterocycles. The molecule has 0 aromatic rings. The fourth-order valence-electron chi connectivity index (χ4n) is 7.60. The largest absolute Gasteiger partial charge is 0.472 e. The van der Waals surface area contributed by atoms with Crippen molar-refractivity contribution < 1.29 is 58.3 Å². The van der Waals surface area contributed by atoms with E-state index in [1.807, 2.05) is 0 Å². The minimum atomic E-state index is -5.02. The summed E-state index contributed by atoms with van der Waals surface area (Å²) in [4.78, 5) is 23.2. The first-order valence-electron chi connectivity index (χ1n) is 25.5. The second kappa shape index (κ2) is 41.5. The zero-order valence-corrected chi connectivity index (χ0v) is 41.0. The lowest BCUT2D eigenvalue weighted by Gasteiger charge is -2.41. The molecule has 0 aromatic heterocycles. The molecule has 0 aliphatic heterocycles. The molecule has 6 N–H and O–H groups in total. The molecule has 6 unspecified atom stereocenters. The number of unbranched alkanes of at least 4 members (excludes halogenated alkanes) is 23. The summed E-state index contributed by atoms with van der Waals surface area (Å²) >= 11 is 0. The van der Waals surface area contributed by atoms with Crippen LogP contribution in [0, 0.1) is 0 Å². The van der Waals surface area contributed by atoms with Crippen LogP contribution in [0.5, 0.6) is 0 Å². The summed E-state index contributed by atoms with van der Waals surface area (Å²) < 4.78 is 34.2. The van der Waals surface area contributed by atoms with Crippen LogP contribution in [-0.2, 0) is 27.9 Å². The third-order valence-corrected chi connectivity index (χ3v) is 12.6. The highest BCUT2D eigenvalue weighted by Crippen LogP contribution is 2.47. The minimum Gasteiger partial charge on any atom is -0.457 e. The van der Waals surface area contributed by atoms with Crippen molar-refractivity contribution >= 4 is 13.8 Å². The number of phosphoric acid groups is 1. The second-order valence-electron chi connectivity index (χ2n) is 17.7. The molecule has 1 saturated carbocycles. The third-order valence-electron chi connectivity index (χ3n) is 11.7. The van der Waals surface area contributed by atoms with Gasteiger partial charge in [-0.2, -0.15) is 0 Å². The van der Waals surface area contributed by atoms with Gasteiger partial charge < -0.3 is 39.9 Å². The molecule has 1 aliphatic carbocycles. The van der Waals surface area contributed by atoms with Crippen LogP contribution in [0.2, 0.25) is 0 Å². The lowest BCUT2D eigenvalue weighted by atomic mass is 9.85. The van der Waals surface area contributed by atoms with Crippen molar-refractivity contribution in [3.8, 4) is 0 Å². The minimum absolute atomic E-state index is 0.0850. The van der Waals surface area contributed by atoms with Gasteiger partial charge in [-0.15, -0.1) is 0 Å². The number of allylic oxidation sites excluding steroid dienone is 8. The molecule has 0 radical (unpaired) electrons. The van der Waals surface area contributed by atoms with Gasteiger partial charge in [0.15, 0.2) is 0 Å². The van der Waals surface area contributed by atoms with Crippen LogP contribution in [0.25, 0.3) is 0 Å². The van der Waals surface area contributed by atoms with E-state index in [9.17, 15) is 39.8 Å². The monoisotopic (exact) mass is 929 g/mol. The first kappa shape index (κ1) is 60.3. The summed E-state index contributed by atoms with van der Waals surface area (Å²) in [5.41, 5.74) is 0. The smallest absolute Gasteiger partial charge is 0.457 e. The van der Waals surface area contributed by atoms with Crippen LogP contribution in [0.1, 0.15) is 206 Å². The van der Waals surface area contributed by atoms with E-state index in [2.05, 4.69) is 62.5 Å². The number of carbonyl (C=O) groups excluding carboxylic acids is 1. The number of rotatable bonds is 43. The van der Waals surface area contributed by atoms with Gasteiger partial charge in [-0.3, -0.25) is 13.8 Å². The molecule has 6 atom stereocenters. The van der Waals surface area contributed by atoms with Crippen LogP contribution in [0.3, 0.4) is 0 Å². The van der Waals surface area contributed by atoms with E-state index in [0.717, 1.165) is 77.0 Å². The maximum Gasteiger partial charge on any atom is 0.472 e. The second-order valence-corrected chi connectivity index (χ2v) is 19.1. The predicted molar refractivity (Wildman–Crippen MR) is 258 cm³/mol. The Bertz CT molecular complexity index is 1240. The summed E-state index contributed by atoms with van der Waals surface area (Å²) in [7, 11) is -5.02. The average molecular weight is 929 g/mol. The van der Waals surface area contributed by atoms with Crippen molar-refractivity contribution in [1.29, 1.82) is 0 Å². The van der Waals surface area contributed by atoms with Crippen molar-refractivity contribution in [3.63, 3.8) is 0 Å². The Labute approximate surface area is 388 Å². The SMILES string of the molecule is CCC/C=C\C/C=C\CCCCCCCCOCC(COP(=O)(O)OC1C(O)C(O)C(O)C(O)C1O)OC(=O)CCCCCCCCCCCCC/C=C\C/C=C\CCCCCCC. The van der Waals surface area contributed by atoms with Crippen molar-refractivity contribution in [2.75, 3.05) is 19.8 Å². The summed E-state index contributed by atoms with van der Waals surface area (Å²) in [5.74, 6) is -0.483. The molecule has 1 rings (SSSR count). The number of aliphatic hydroxyl groups excluding tert-OH is 5. The van der Waals surface area contributed by atoms with Crippen molar-refractivity contribution in [2.24, 2.45) is 0 Å². The van der Waals surface area contributed by atoms with E-state index in [4.69, 9.17) is 18.5 Å². The number of phosphoric ester groups is 1. The molecule has 0 amide bonds. The topological polar surface area (TPSA) is 192 Å². The zero-order valence-electron chi connectivity index (χ0n) is 40.1. The summed E-state index contributed by atoms with van der Waals surface area (Å²) in [6.45, 7) is 4.17. The van der Waals surface area contributed by atoms with Crippen LogP contribution in [-0.4, -0.2) is 98.9 Å². The van der Waals surface area contributed by atoms with Gasteiger partial charge in [0, 0.05) is 13.0 Å². The first-order chi connectivity index (χ1) is 31.0. The summed E-state index contributed by atoms with van der Waals surface area (Å²) in [5, 5.41) is 50.3. The van der Waals surface area contributed by atoms with Gasteiger partial charge in [0.2, 0.25) is 0 Å². The van der Waals surface area contributed by atoms with Crippen molar-refractivity contribution in [3.05, 3.63) is 48.6 Å². The predicted octanol–water partition coefficient (Wildman–Crippen LogP) is 11.2. The van der Waals surface area contributed by atoms with Gasteiger partial charge in [0.25, 0.3) is 0 Å². The van der Waals surface area contributed by atoms with Gasteiger partial charge in [-0.1, -0.05) is 178 Å². The Morgan fingerprint density at radius 1 is 0.500 bits per heavy atom. The molecule has 0 spiro atoms. The highest BCUT2D eigenvalue weighted by Gasteiger charge is 2.51. The normalized spacial score (nSPS) is 22.1. The van der Waals surface area contributed by atoms with Crippen molar-refractivity contribution in [1.82, 2.24) is 0 Å². The molecule has 374 valence electrons. The van der Waals surface area contributed by atoms with Crippen LogP contribution >= 0.6 is 7.82 Å². The summed E-state index contributed by atoms with van der Waals surface area (Å²) in [6, 6.07) is 0. The van der Waals surface area contributed by atoms with Crippen LogP contribution in [0.15, 0.2) is 48.6 Å². The van der Waals surface area contributed by atoms with Gasteiger partial charge in [-0.25, -0.2) is 4.57 Å². The molecule has 1 fully saturated rings. The number of carbonyl (C=O) groups is 1. The van der Waals surface area contributed by atoms with Gasteiger partial charge in [0.05, 0.1) is 13.2 Å². The molecule has 64 heavy (non-hydrogen) atoms. The molecule has 0 heterocycles. The maximum absolute atomic E-state index is 12.8. The standard InChI is InChI=1S/C51H93O12P/c1-3-5-7-9-11-13-15-17-19-20-21-22-23-24-25-26-27-28-30-32-34-36-38-40-45(52)62-44(42-60-41-39-37-35-33-31-29-18-16-14-12-10-8-6-4-2)43-61-64(58,59)63-51-49(56)47(54)46(53)48(55)50(51)57/h8,10,14-17,20-21,44,46-51,53-57H,3-7,9,11-13,18-19,22-43H2,1-2H3,(H,58,59)/b10-8-,16-14-,17-15-,21-20-. The lowest BCUT2D eigenvalue weighted by Crippen LogP contribution is -2.64. The van der Waals surface area contributed by atoms with E-state index in [0.29, 0.717) is 13.0 Å². The Morgan fingerprint density at radius 3 is 1.38 bits per heavy atom. The fraction of sp³-hybridized carbons (Fsp3) is 0.824. The molecular weight excluding hydrogens is 836 g/mol. The number of hydrogen-bond acceptors (Lipinski definition) is 11. The van der Waals surface area contributed by atoms with Gasteiger partial charge in [0.1, 0.15) is 42.7 Å². The number of aliphatic hydroxyl groups is 5. The van der Waals surface area contributed by atoms with Crippen molar-refractivity contribution in [2.45, 2.75) is 249 Å². The lowest BCUT2D eigenvalue weighted by molar-refractivity contribution is -0.220. The highest BCUT2D eigenvalue weighted by molar-refractivity contribution is 7.47. The third kappa shape index (κ3) is 32.9. The average Bonchev–Trinajstić information content (AvgIpc) is 3.28. The van der Waals surface area contributed by atoms with Crippen LogP contribution in [0.4, 0.5) is 0 Å². The number of esters is 1. The molecular formula is C51H93O12P. The Balaban J connectivity index is 2.32. The van der Waals surface area contributed by atoms with E-state index in [-0.39, 0.29) is 13.0 Å². The van der Waals surface area contributed by atoms with E-state index in [1.54, 1.807) is 0 Å². The quantitative estimate of drug-likeness (QED) is 0.0147. The highest BCUT2D eigenvalue weighted by atomic mass is 31.2. The maximum atomic E-state index is 12.8. The van der Waals surface area contributed by atoms with Gasteiger partial charge >= 0.3 is 13.8 Å². The van der Waals surface area contributed by atoms with E-state index in [1.165, 1.54) is 103 Å². The molecule has 13 heteroatoms. The fourth-order valence-corrected chi connectivity index (χ4v) is 8.57. The summed E-state index contributed by atoms with van der Waals surface area (Å²) in [6.07, 6.45) is 38.9. The van der Waals surface area contributed by atoms with E-state index >= 15 is 0 Å².